The lowest BCUT2D eigenvalue weighted by molar-refractivity contribution is -0.116. The second-order valence-corrected chi connectivity index (χ2v) is 5.91. The first-order chi connectivity index (χ1) is 10.6. The summed E-state index contributed by atoms with van der Waals surface area (Å²) in [6, 6.07) is 11.4. The van der Waals surface area contributed by atoms with Crippen molar-refractivity contribution in [1.29, 1.82) is 0 Å². The molecule has 1 aromatic carbocycles. The monoisotopic (exact) mass is 362 g/mol. The van der Waals surface area contributed by atoms with Gasteiger partial charge in [0.05, 0.1) is 6.61 Å². The van der Waals surface area contributed by atoms with Crippen molar-refractivity contribution in [3.05, 3.63) is 52.8 Å². The van der Waals surface area contributed by atoms with E-state index in [4.69, 9.17) is 4.74 Å². The third-order valence-electron chi connectivity index (χ3n) is 3.04. The normalized spacial score (nSPS) is 10.3. The van der Waals surface area contributed by atoms with Gasteiger partial charge in [-0.05, 0) is 50.1 Å². The minimum Gasteiger partial charge on any atom is -0.494 e. The van der Waals surface area contributed by atoms with Crippen LogP contribution in [0, 0.1) is 6.92 Å². The molecule has 0 radical (unpaired) electrons. The van der Waals surface area contributed by atoms with Gasteiger partial charge in [0.15, 0.2) is 0 Å². The van der Waals surface area contributed by atoms with E-state index in [-0.39, 0.29) is 5.91 Å². The molecule has 0 bridgehead atoms. The number of unbranched alkanes of at least 4 members (excludes halogenated alkanes) is 1. The maximum absolute atomic E-state index is 11.8. The summed E-state index contributed by atoms with van der Waals surface area (Å²) in [5, 5.41) is 2.87. The Bertz CT molecular complexity index is 632. The standard InChI is InChI=1S/C17H19BrN2O2/c1-13-11-15(8-9-19-13)20-17(21)7-2-3-10-22-16-6-4-5-14(18)12-16/h4-6,8-9,11-12H,2-3,7,10H2,1H3,(H,19,20,21). The topological polar surface area (TPSA) is 51.2 Å². The number of amides is 1. The molecule has 0 aliphatic heterocycles. The van der Waals surface area contributed by atoms with Gasteiger partial charge in [-0.3, -0.25) is 9.78 Å². The zero-order valence-corrected chi connectivity index (χ0v) is 14.1. The van der Waals surface area contributed by atoms with Crippen LogP contribution >= 0.6 is 15.9 Å². The van der Waals surface area contributed by atoms with Crippen LogP contribution in [0.5, 0.6) is 5.75 Å². The van der Waals surface area contributed by atoms with Gasteiger partial charge in [-0.1, -0.05) is 22.0 Å². The van der Waals surface area contributed by atoms with Crippen molar-refractivity contribution in [2.24, 2.45) is 0 Å². The zero-order valence-electron chi connectivity index (χ0n) is 12.5. The van der Waals surface area contributed by atoms with E-state index in [1.807, 2.05) is 37.3 Å². The number of aryl methyl sites for hydroxylation is 1. The molecule has 2 rings (SSSR count). The molecule has 0 atom stereocenters. The lowest BCUT2D eigenvalue weighted by Gasteiger charge is -2.07. The van der Waals surface area contributed by atoms with E-state index in [9.17, 15) is 4.79 Å². The van der Waals surface area contributed by atoms with Crippen LogP contribution in [0.25, 0.3) is 0 Å². The van der Waals surface area contributed by atoms with Gasteiger partial charge in [0.2, 0.25) is 5.91 Å². The molecule has 1 heterocycles. The molecule has 0 fully saturated rings. The highest BCUT2D eigenvalue weighted by Gasteiger charge is 2.03. The fraction of sp³-hybridized carbons (Fsp3) is 0.294. The highest BCUT2D eigenvalue weighted by molar-refractivity contribution is 9.10. The Morgan fingerprint density at radius 1 is 1.27 bits per heavy atom. The van der Waals surface area contributed by atoms with Crippen LogP contribution in [0.15, 0.2) is 47.1 Å². The van der Waals surface area contributed by atoms with Gasteiger partial charge in [0.25, 0.3) is 0 Å². The van der Waals surface area contributed by atoms with E-state index in [0.717, 1.165) is 34.4 Å². The van der Waals surface area contributed by atoms with E-state index >= 15 is 0 Å². The first-order valence-electron chi connectivity index (χ1n) is 7.24. The largest absolute Gasteiger partial charge is 0.494 e. The molecule has 1 N–H and O–H groups in total. The first kappa shape index (κ1) is 16.5. The number of ether oxygens (including phenoxy) is 1. The van der Waals surface area contributed by atoms with Crippen LogP contribution in [-0.2, 0) is 4.79 Å². The fourth-order valence-corrected chi connectivity index (χ4v) is 2.36. The average Bonchev–Trinajstić information content (AvgIpc) is 2.47. The Kier molecular flexibility index (Phi) is 6.40. The van der Waals surface area contributed by atoms with Gasteiger partial charge < -0.3 is 10.1 Å². The van der Waals surface area contributed by atoms with Crippen LogP contribution in [0.3, 0.4) is 0 Å². The summed E-state index contributed by atoms with van der Waals surface area (Å²) in [5.41, 5.74) is 1.68. The Balaban J connectivity index is 1.63. The third kappa shape index (κ3) is 5.85. The molecule has 4 nitrogen and oxygen atoms in total. The predicted octanol–water partition coefficient (Wildman–Crippen LogP) is 4.34. The molecule has 0 unspecified atom stereocenters. The van der Waals surface area contributed by atoms with Gasteiger partial charge in [0, 0.05) is 28.5 Å². The number of carbonyl (C=O) groups is 1. The summed E-state index contributed by atoms with van der Waals surface area (Å²) in [4.78, 5) is 15.9. The number of hydrogen-bond acceptors (Lipinski definition) is 3. The van der Waals surface area contributed by atoms with Crippen LogP contribution in [0.2, 0.25) is 0 Å². The van der Waals surface area contributed by atoms with Gasteiger partial charge in [-0.15, -0.1) is 0 Å². The SMILES string of the molecule is Cc1cc(NC(=O)CCCCOc2cccc(Br)c2)ccn1. The number of aromatic nitrogens is 1. The molecule has 2 aromatic rings. The van der Waals surface area contributed by atoms with Crippen molar-refractivity contribution in [3.63, 3.8) is 0 Å². The maximum Gasteiger partial charge on any atom is 0.224 e. The van der Waals surface area contributed by atoms with Gasteiger partial charge in [0.1, 0.15) is 5.75 Å². The minimum atomic E-state index is 0.0213. The molecule has 5 heteroatoms. The molecule has 1 amide bonds. The molecular formula is C17H19BrN2O2. The molecule has 0 spiro atoms. The molecule has 1 aromatic heterocycles. The number of nitrogens with one attached hydrogen (secondary N) is 1. The quantitative estimate of drug-likeness (QED) is 0.745. The third-order valence-corrected chi connectivity index (χ3v) is 3.54. The fourth-order valence-electron chi connectivity index (χ4n) is 1.98. The van der Waals surface area contributed by atoms with Crippen LogP contribution in [-0.4, -0.2) is 17.5 Å². The minimum absolute atomic E-state index is 0.0213. The number of nitrogens with zero attached hydrogens (tertiary/aromatic N) is 1. The Labute approximate surface area is 139 Å². The summed E-state index contributed by atoms with van der Waals surface area (Å²) in [6.07, 6.45) is 3.82. The number of anilines is 1. The number of carbonyl (C=O) groups excluding carboxylic acids is 1. The van der Waals surface area contributed by atoms with Crippen molar-refractivity contribution in [1.82, 2.24) is 4.98 Å². The lowest BCUT2D eigenvalue weighted by Crippen LogP contribution is -2.11. The maximum atomic E-state index is 11.8. The Hall–Kier alpha value is -1.88. The van der Waals surface area contributed by atoms with Gasteiger partial charge in [-0.2, -0.15) is 0 Å². The number of halogens is 1. The second kappa shape index (κ2) is 8.54. The van der Waals surface area contributed by atoms with E-state index < -0.39 is 0 Å². The Morgan fingerprint density at radius 2 is 2.14 bits per heavy atom. The van der Waals surface area contributed by atoms with E-state index in [1.54, 1.807) is 12.3 Å². The van der Waals surface area contributed by atoms with Crippen molar-refractivity contribution in [3.8, 4) is 5.75 Å². The van der Waals surface area contributed by atoms with Crippen LogP contribution in [0.1, 0.15) is 25.0 Å². The van der Waals surface area contributed by atoms with E-state index in [0.29, 0.717) is 13.0 Å². The van der Waals surface area contributed by atoms with Crippen molar-refractivity contribution >= 4 is 27.5 Å². The number of benzene rings is 1. The first-order valence-corrected chi connectivity index (χ1v) is 8.03. The predicted molar refractivity (Wildman–Crippen MR) is 91.1 cm³/mol. The van der Waals surface area contributed by atoms with Crippen molar-refractivity contribution < 1.29 is 9.53 Å². The average molecular weight is 363 g/mol. The number of rotatable bonds is 7. The molecular weight excluding hydrogens is 344 g/mol. The molecule has 0 aliphatic rings. The lowest BCUT2D eigenvalue weighted by atomic mass is 10.2. The van der Waals surface area contributed by atoms with Gasteiger partial charge in [-0.25, -0.2) is 0 Å². The summed E-state index contributed by atoms with van der Waals surface area (Å²) in [7, 11) is 0. The molecule has 22 heavy (non-hydrogen) atoms. The zero-order chi connectivity index (χ0) is 15.8. The molecule has 116 valence electrons. The molecule has 0 aliphatic carbocycles. The molecule has 0 saturated heterocycles. The molecule has 0 saturated carbocycles. The number of pyridine rings is 1. The smallest absolute Gasteiger partial charge is 0.224 e. The van der Waals surface area contributed by atoms with Crippen LogP contribution < -0.4 is 10.1 Å². The summed E-state index contributed by atoms with van der Waals surface area (Å²) >= 11 is 3.40. The van der Waals surface area contributed by atoms with Crippen molar-refractivity contribution in [2.45, 2.75) is 26.2 Å². The highest BCUT2D eigenvalue weighted by Crippen LogP contribution is 2.18. The van der Waals surface area contributed by atoms with E-state index in [1.165, 1.54) is 0 Å². The summed E-state index contributed by atoms with van der Waals surface area (Å²) in [6.45, 7) is 2.51. The summed E-state index contributed by atoms with van der Waals surface area (Å²) < 4.78 is 6.63. The van der Waals surface area contributed by atoms with Crippen molar-refractivity contribution in [2.75, 3.05) is 11.9 Å². The summed E-state index contributed by atoms with van der Waals surface area (Å²) in [5.74, 6) is 0.860. The van der Waals surface area contributed by atoms with Gasteiger partial charge >= 0.3 is 0 Å². The number of hydrogen-bond donors (Lipinski definition) is 1. The Morgan fingerprint density at radius 3 is 2.91 bits per heavy atom. The highest BCUT2D eigenvalue weighted by atomic mass is 79.9. The second-order valence-electron chi connectivity index (χ2n) is 5.00. The van der Waals surface area contributed by atoms with E-state index in [2.05, 4.69) is 26.2 Å². The van der Waals surface area contributed by atoms with Crippen LogP contribution in [0.4, 0.5) is 5.69 Å².